The summed E-state index contributed by atoms with van der Waals surface area (Å²) in [4.78, 5) is 14.9. The molecule has 144 valence electrons. The molecule has 1 aliphatic heterocycles. The van der Waals surface area contributed by atoms with E-state index < -0.39 is 0 Å². The Morgan fingerprint density at radius 3 is 2.61 bits per heavy atom. The van der Waals surface area contributed by atoms with Crippen LogP contribution in [-0.4, -0.2) is 34.0 Å². The van der Waals surface area contributed by atoms with Gasteiger partial charge in [0.1, 0.15) is 0 Å². The highest BCUT2D eigenvalue weighted by atomic mass is 79.9. The van der Waals surface area contributed by atoms with Crippen LogP contribution in [0, 0.1) is 5.92 Å². The van der Waals surface area contributed by atoms with Crippen LogP contribution >= 0.6 is 27.5 Å². The van der Waals surface area contributed by atoms with Gasteiger partial charge in [0, 0.05) is 26.5 Å². The van der Waals surface area contributed by atoms with Crippen molar-refractivity contribution in [2.24, 2.45) is 5.92 Å². The topological polar surface area (TPSA) is 59.2 Å². The first-order chi connectivity index (χ1) is 13.6. The van der Waals surface area contributed by atoms with Gasteiger partial charge in [-0.3, -0.25) is 9.69 Å². The highest BCUT2D eigenvalue weighted by Crippen LogP contribution is 2.25. The van der Waals surface area contributed by atoms with Gasteiger partial charge >= 0.3 is 0 Å². The van der Waals surface area contributed by atoms with Gasteiger partial charge in [-0.2, -0.15) is 0 Å². The molecule has 28 heavy (non-hydrogen) atoms. The highest BCUT2D eigenvalue weighted by Gasteiger charge is 2.26. The number of carbonyl (C=O) groups excluding carboxylic acids is 1. The summed E-state index contributed by atoms with van der Waals surface area (Å²) < 4.78 is 6.79. The Morgan fingerprint density at radius 1 is 1.14 bits per heavy atom. The van der Waals surface area contributed by atoms with E-state index in [-0.39, 0.29) is 11.7 Å². The molecule has 0 bridgehead atoms. The second-order valence-corrected chi connectivity index (χ2v) is 8.28. The lowest BCUT2D eigenvalue weighted by atomic mass is 9.89. The highest BCUT2D eigenvalue weighted by molar-refractivity contribution is 9.10. The Labute approximate surface area is 176 Å². The maximum Gasteiger partial charge on any atom is 0.247 e. The van der Waals surface area contributed by atoms with Crippen molar-refractivity contribution in [3.63, 3.8) is 0 Å². The first-order valence-electron chi connectivity index (χ1n) is 9.19. The van der Waals surface area contributed by atoms with Crippen molar-refractivity contribution in [2.45, 2.75) is 19.4 Å². The zero-order valence-corrected chi connectivity index (χ0v) is 17.5. The number of carbonyl (C=O) groups is 1. The summed E-state index contributed by atoms with van der Waals surface area (Å²) in [5, 5.41) is 8.97. The summed E-state index contributed by atoms with van der Waals surface area (Å²) in [6, 6.07) is 14.9. The number of Topliss-reactive ketones (excluding diaryl/α,β-unsaturated/α-hetero) is 1. The van der Waals surface area contributed by atoms with Crippen molar-refractivity contribution < 1.29 is 9.21 Å². The van der Waals surface area contributed by atoms with Crippen molar-refractivity contribution in [3.05, 3.63) is 69.5 Å². The molecule has 5 nitrogen and oxygen atoms in total. The lowest BCUT2D eigenvalue weighted by molar-refractivity contribution is 0.0828. The normalized spacial score (nSPS) is 15.6. The second kappa shape index (κ2) is 8.55. The van der Waals surface area contributed by atoms with Crippen LogP contribution in [0.4, 0.5) is 0 Å². The Balaban J connectivity index is 1.33. The van der Waals surface area contributed by atoms with Crippen LogP contribution in [0.2, 0.25) is 5.02 Å². The minimum absolute atomic E-state index is 0.0531. The minimum atomic E-state index is 0.0531. The molecule has 1 fully saturated rings. The van der Waals surface area contributed by atoms with E-state index in [1.165, 1.54) is 0 Å². The number of benzene rings is 2. The van der Waals surface area contributed by atoms with Crippen LogP contribution < -0.4 is 0 Å². The van der Waals surface area contributed by atoms with E-state index in [0.717, 1.165) is 41.5 Å². The van der Waals surface area contributed by atoms with E-state index in [2.05, 4.69) is 31.0 Å². The summed E-state index contributed by atoms with van der Waals surface area (Å²) in [6.07, 6.45) is 1.65. The molecule has 0 aliphatic carbocycles. The van der Waals surface area contributed by atoms with Crippen LogP contribution in [0.5, 0.6) is 0 Å². The monoisotopic (exact) mass is 459 g/mol. The fourth-order valence-corrected chi connectivity index (χ4v) is 3.98. The summed E-state index contributed by atoms with van der Waals surface area (Å²) in [6.45, 7) is 2.26. The predicted molar refractivity (Wildman–Crippen MR) is 111 cm³/mol. The third-order valence-electron chi connectivity index (χ3n) is 4.98. The number of hydrogen-bond acceptors (Lipinski definition) is 5. The molecule has 3 aromatic rings. The quantitative estimate of drug-likeness (QED) is 0.487. The van der Waals surface area contributed by atoms with Crippen molar-refractivity contribution in [2.75, 3.05) is 13.1 Å². The standard InChI is InChI=1S/C21H19BrClN3O2/c22-17-3-1-2-16(12-17)21-25-24-19(28-21)13-26-10-8-15(9-11-26)20(27)14-4-6-18(23)7-5-14/h1-7,12,15H,8-11,13H2. The maximum atomic E-state index is 12.7. The molecular weight excluding hydrogens is 442 g/mol. The zero-order valence-electron chi connectivity index (χ0n) is 15.1. The van der Waals surface area contributed by atoms with E-state index in [4.69, 9.17) is 16.0 Å². The summed E-state index contributed by atoms with van der Waals surface area (Å²) >= 11 is 9.36. The van der Waals surface area contributed by atoms with E-state index in [1.54, 1.807) is 24.3 Å². The first-order valence-corrected chi connectivity index (χ1v) is 10.4. The number of hydrogen-bond donors (Lipinski definition) is 0. The van der Waals surface area contributed by atoms with Crippen molar-refractivity contribution >= 4 is 33.3 Å². The third-order valence-corrected chi connectivity index (χ3v) is 5.73. The Hall–Kier alpha value is -2.02. The first kappa shape index (κ1) is 19.3. The lowest BCUT2D eigenvalue weighted by Crippen LogP contribution is -2.36. The average molecular weight is 461 g/mol. The smallest absolute Gasteiger partial charge is 0.247 e. The molecule has 0 spiro atoms. The third kappa shape index (κ3) is 4.51. The fourth-order valence-electron chi connectivity index (χ4n) is 3.45. The lowest BCUT2D eigenvalue weighted by Gasteiger charge is -2.30. The SMILES string of the molecule is O=C(c1ccc(Cl)cc1)C1CCN(Cc2nnc(-c3cccc(Br)c3)o2)CC1. The van der Waals surface area contributed by atoms with Crippen LogP contribution in [0.3, 0.4) is 0 Å². The van der Waals surface area contributed by atoms with Gasteiger partial charge in [0.05, 0.1) is 6.54 Å². The second-order valence-electron chi connectivity index (χ2n) is 6.93. The van der Waals surface area contributed by atoms with E-state index in [1.807, 2.05) is 24.3 Å². The number of likely N-dealkylation sites (tertiary alicyclic amines) is 1. The molecule has 1 saturated heterocycles. The molecule has 0 unspecified atom stereocenters. The molecule has 4 rings (SSSR count). The number of aromatic nitrogens is 2. The number of ketones is 1. The van der Waals surface area contributed by atoms with Crippen LogP contribution in [-0.2, 0) is 6.54 Å². The van der Waals surface area contributed by atoms with Crippen LogP contribution in [0.15, 0.2) is 57.4 Å². The van der Waals surface area contributed by atoms with Gasteiger partial charge in [0.2, 0.25) is 11.8 Å². The summed E-state index contributed by atoms with van der Waals surface area (Å²) in [5.74, 6) is 1.37. The van der Waals surface area contributed by atoms with Gasteiger partial charge in [-0.1, -0.05) is 33.6 Å². The Morgan fingerprint density at radius 2 is 1.89 bits per heavy atom. The number of halogens is 2. The molecule has 0 saturated carbocycles. The van der Waals surface area contributed by atoms with Gasteiger partial charge in [-0.05, 0) is 68.4 Å². The molecule has 0 amide bonds. The van der Waals surface area contributed by atoms with Crippen LogP contribution in [0.25, 0.3) is 11.5 Å². The van der Waals surface area contributed by atoms with E-state index >= 15 is 0 Å². The van der Waals surface area contributed by atoms with Gasteiger partial charge < -0.3 is 4.42 Å². The predicted octanol–water partition coefficient (Wildman–Crippen LogP) is 5.25. The van der Waals surface area contributed by atoms with Crippen LogP contribution in [0.1, 0.15) is 29.1 Å². The van der Waals surface area contributed by atoms with Crippen molar-refractivity contribution in [3.8, 4) is 11.5 Å². The number of piperidine rings is 1. The zero-order chi connectivity index (χ0) is 19.5. The minimum Gasteiger partial charge on any atom is -0.419 e. The number of rotatable bonds is 5. The Bertz CT molecular complexity index is 966. The van der Waals surface area contributed by atoms with Gasteiger partial charge in [0.15, 0.2) is 5.78 Å². The van der Waals surface area contributed by atoms with Crippen molar-refractivity contribution in [1.82, 2.24) is 15.1 Å². The van der Waals surface area contributed by atoms with Gasteiger partial charge in [-0.25, -0.2) is 0 Å². The van der Waals surface area contributed by atoms with Gasteiger partial charge in [0.25, 0.3) is 0 Å². The molecule has 2 heterocycles. The number of nitrogens with zero attached hydrogens (tertiary/aromatic N) is 3. The molecular formula is C21H19BrClN3O2. The van der Waals surface area contributed by atoms with E-state index in [9.17, 15) is 4.79 Å². The molecule has 2 aromatic carbocycles. The van der Waals surface area contributed by atoms with Crippen molar-refractivity contribution in [1.29, 1.82) is 0 Å². The summed E-state index contributed by atoms with van der Waals surface area (Å²) in [5.41, 5.74) is 1.62. The van der Waals surface area contributed by atoms with E-state index in [0.29, 0.717) is 23.3 Å². The molecule has 0 radical (unpaired) electrons. The molecule has 0 atom stereocenters. The molecule has 1 aromatic heterocycles. The summed E-state index contributed by atoms with van der Waals surface area (Å²) in [7, 11) is 0. The molecule has 0 N–H and O–H groups in total. The Kier molecular flexibility index (Phi) is 5.90. The largest absolute Gasteiger partial charge is 0.419 e. The van der Waals surface area contributed by atoms with Gasteiger partial charge in [-0.15, -0.1) is 10.2 Å². The molecule has 7 heteroatoms. The average Bonchev–Trinajstić information content (AvgIpc) is 3.17. The maximum absolute atomic E-state index is 12.7. The fraction of sp³-hybridized carbons (Fsp3) is 0.286. The molecule has 1 aliphatic rings.